The van der Waals surface area contributed by atoms with Gasteiger partial charge in [0, 0.05) is 19.2 Å². The molecule has 16 heavy (non-hydrogen) atoms. The first-order valence-corrected chi connectivity index (χ1v) is 5.58. The average molecular weight is 221 g/mol. The minimum absolute atomic E-state index is 0.161. The van der Waals surface area contributed by atoms with E-state index in [2.05, 4.69) is 5.32 Å². The summed E-state index contributed by atoms with van der Waals surface area (Å²) in [7, 11) is 1.87. The standard InChI is InChI=1S/C13H19NO2/c1-5-6-12(15)16-13-9(2)7-11(14-4)8-10(13)3/h7-8,14H,5-6H2,1-4H3. The van der Waals surface area contributed by atoms with Gasteiger partial charge < -0.3 is 10.1 Å². The van der Waals surface area contributed by atoms with Crippen LogP contribution in [0.5, 0.6) is 5.75 Å². The van der Waals surface area contributed by atoms with Crippen molar-refractivity contribution in [3.05, 3.63) is 23.3 Å². The van der Waals surface area contributed by atoms with Crippen molar-refractivity contribution >= 4 is 11.7 Å². The van der Waals surface area contributed by atoms with E-state index < -0.39 is 0 Å². The first kappa shape index (κ1) is 12.6. The molecule has 0 aliphatic rings. The minimum Gasteiger partial charge on any atom is -0.426 e. The molecule has 1 rings (SSSR count). The van der Waals surface area contributed by atoms with Crippen LogP contribution in [0.15, 0.2) is 12.1 Å². The molecule has 1 aromatic carbocycles. The third-order valence-corrected chi connectivity index (χ3v) is 2.42. The highest BCUT2D eigenvalue weighted by Gasteiger charge is 2.10. The maximum atomic E-state index is 11.4. The summed E-state index contributed by atoms with van der Waals surface area (Å²) in [6.07, 6.45) is 1.28. The summed E-state index contributed by atoms with van der Waals surface area (Å²) in [5.41, 5.74) is 2.99. The van der Waals surface area contributed by atoms with Gasteiger partial charge in [-0.05, 0) is 43.5 Å². The van der Waals surface area contributed by atoms with E-state index in [0.29, 0.717) is 12.2 Å². The van der Waals surface area contributed by atoms with Gasteiger partial charge in [0.2, 0.25) is 0 Å². The molecule has 0 bridgehead atoms. The molecule has 3 nitrogen and oxygen atoms in total. The molecule has 0 unspecified atom stereocenters. The van der Waals surface area contributed by atoms with Gasteiger partial charge in [-0.1, -0.05) is 6.92 Å². The first-order chi connectivity index (χ1) is 7.58. The van der Waals surface area contributed by atoms with Gasteiger partial charge in [0.15, 0.2) is 0 Å². The largest absolute Gasteiger partial charge is 0.426 e. The molecule has 0 heterocycles. The lowest BCUT2D eigenvalue weighted by atomic mass is 10.1. The van der Waals surface area contributed by atoms with E-state index in [1.165, 1.54) is 0 Å². The van der Waals surface area contributed by atoms with Gasteiger partial charge in [-0.2, -0.15) is 0 Å². The van der Waals surface area contributed by atoms with E-state index in [4.69, 9.17) is 4.74 Å². The summed E-state index contributed by atoms with van der Waals surface area (Å²) < 4.78 is 5.35. The van der Waals surface area contributed by atoms with Crippen LogP contribution in [0.3, 0.4) is 0 Å². The van der Waals surface area contributed by atoms with Crippen LogP contribution in [-0.2, 0) is 4.79 Å². The van der Waals surface area contributed by atoms with Crippen LogP contribution in [0.1, 0.15) is 30.9 Å². The first-order valence-electron chi connectivity index (χ1n) is 5.58. The molecule has 3 heteroatoms. The number of hydrogen-bond acceptors (Lipinski definition) is 3. The number of nitrogens with one attached hydrogen (secondary N) is 1. The molecule has 0 aliphatic carbocycles. The van der Waals surface area contributed by atoms with Gasteiger partial charge in [-0.3, -0.25) is 4.79 Å². The van der Waals surface area contributed by atoms with Gasteiger partial charge in [0.1, 0.15) is 5.75 Å². The Labute approximate surface area is 96.8 Å². The zero-order valence-corrected chi connectivity index (χ0v) is 10.4. The van der Waals surface area contributed by atoms with Gasteiger partial charge in [0.05, 0.1) is 0 Å². The number of aryl methyl sites for hydroxylation is 2. The van der Waals surface area contributed by atoms with E-state index in [0.717, 1.165) is 23.2 Å². The Hall–Kier alpha value is -1.51. The van der Waals surface area contributed by atoms with E-state index in [9.17, 15) is 4.79 Å². The summed E-state index contributed by atoms with van der Waals surface area (Å²) >= 11 is 0. The third-order valence-electron chi connectivity index (χ3n) is 2.42. The molecule has 1 aromatic rings. The van der Waals surface area contributed by atoms with Crippen molar-refractivity contribution in [2.24, 2.45) is 0 Å². The summed E-state index contributed by atoms with van der Waals surface area (Å²) in [5, 5.41) is 3.07. The van der Waals surface area contributed by atoms with Gasteiger partial charge in [0.25, 0.3) is 0 Å². The SMILES string of the molecule is CCCC(=O)Oc1c(C)cc(NC)cc1C. The van der Waals surface area contributed by atoms with Crippen LogP contribution >= 0.6 is 0 Å². The van der Waals surface area contributed by atoms with Gasteiger partial charge >= 0.3 is 5.97 Å². The fourth-order valence-electron chi connectivity index (χ4n) is 1.62. The van der Waals surface area contributed by atoms with E-state index in [-0.39, 0.29) is 5.97 Å². The van der Waals surface area contributed by atoms with Crippen molar-refractivity contribution in [1.29, 1.82) is 0 Å². The molecule has 0 radical (unpaired) electrons. The molecule has 0 amide bonds. The van der Waals surface area contributed by atoms with Crippen molar-refractivity contribution in [2.45, 2.75) is 33.6 Å². The van der Waals surface area contributed by atoms with Crippen LogP contribution in [0.25, 0.3) is 0 Å². The summed E-state index contributed by atoms with van der Waals surface area (Å²) in [5.74, 6) is 0.531. The Morgan fingerprint density at radius 3 is 2.31 bits per heavy atom. The lowest BCUT2D eigenvalue weighted by molar-refractivity contribution is -0.134. The quantitative estimate of drug-likeness (QED) is 0.627. The number of anilines is 1. The Balaban J connectivity index is 2.92. The second kappa shape index (κ2) is 5.54. The second-order valence-corrected chi connectivity index (χ2v) is 3.91. The van der Waals surface area contributed by atoms with Crippen LogP contribution in [0, 0.1) is 13.8 Å². The predicted molar refractivity (Wildman–Crippen MR) is 66.0 cm³/mol. The Morgan fingerprint density at radius 2 is 1.88 bits per heavy atom. The van der Waals surface area contributed by atoms with Crippen molar-refractivity contribution in [3.8, 4) is 5.75 Å². The highest BCUT2D eigenvalue weighted by atomic mass is 16.5. The van der Waals surface area contributed by atoms with Crippen LogP contribution < -0.4 is 10.1 Å². The van der Waals surface area contributed by atoms with Gasteiger partial charge in [-0.25, -0.2) is 0 Å². The lowest BCUT2D eigenvalue weighted by Crippen LogP contribution is -2.09. The molecule has 0 fully saturated rings. The van der Waals surface area contributed by atoms with E-state index in [1.54, 1.807) is 0 Å². The number of hydrogen-bond donors (Lipinski definition) is 1. The number of rotatable bonds is 4. The van der Waals surface area contributed by atoms with Crippen LogP contribution in [0.2, 0.25) is 0 Å². The van der Waals surface area contributed by atoms with Crippen molar-refractivity contribution < 1.29 is 9.53 Å². The molecule has 1 N–H and O–H groups in total. The third kappa shape index (κ3) is 2.99. The molecular formula is C13H19NO2. The van der Waals surface area contributed by atoms with Crippen LogP contribution in [-0.4, -0.2) is 13.0 Å². The number of ether oxygens (including phenoxy) is 1. The number of carbonyl (C=O) groups excluding carboxylic acids is 1. The lowest BCUT2D eigenvalue weighted by Gasteiger charge is -2.12. The topological polar surface area (TPSA) is 38.3 Å². The summed E-state index contributed by atoms with van der Waals surface area (Å²) in [4.78, 5) is 11.4. The molecule has 0 saturated carbocycles. The van der Waals surface area contributed by atoms with Crippen LogP contribution in [0.4, 0.5) is 5.69 Å². The Kier molecular flexibility index (Phi) is 4.35. The molecule has 0 aromatic heterocycles. The van der Waals surface area contributed by atoms with E-state index >= 15 is 0 Å². The average Bonchev–Trinajstić information content (AvgIpc) is 2.23. The number of carbonyl (C=O) groups is 1. The van der Waals surface area contributed by atoms with Crippen molar-refractivity contribution in [3.63, 3.8) is 0 Å². The zero-order valence-electron chi connectivity index (χ0n) is 10.4. The molecule has 0 atom stereocenters. The highest BCUT2D eigenvalue weighted by molar-refractivity contribution is 5.73. The summed E-state index contributed by atoms with van der Waals surface area (Å²) in [6.45, 7) is 5.86. The highest BCUT2D eigenvalue weighted by Crippen LogP contribution is 2.27. The molecule has 0 saturated heterocycles. The fraction of sp³-hybridized carbons (Fsp3) is 0.462. The number of benzene rings is 1. The zero-order chi connectivity index (χ0) is 12.1. The monoisotopic (exact) mass is 221 g/mol. The normalized spacial score (nSPS) is 10.0. The minimum atomic E-state index is -0.161. The Morgan fingerprint density at radius 1 is 1.31 bits per heavy atom. The fourth-order valence-corrected chi connectivity index (χ4v) is 1.62. The van der Waals surface area contributed by atoms with Crippen molar-refractivity contribution in [1.82, 2.24) is 0 Å². The molecule has 0 aliphatic heterocycles. The summed E-state index contributed by atoms with van der Waals surface area (Å²) in [6, 6.07) is 3.95. The van der Waals surface area contributed by atoms with E-state index in [1.807, 2.05) is 40.0 Å². The number of esters is 1. The smallest absolute Gasteiger partial charge is 0.311 e. The molecule has 88 valence electrons. The van der Waals surface area contributed by atoms with Gasteiger partial charge in [-0.15, -0.1) is 0 Å². The predicted octanol–water partition coefficient (Wildman–Crippen LogP) is 3.05. The maximum absolute atomic E-state index is 11.4. The Bertz CT molecular complexity index is 363. The molecular weight excluding hydrogens is 202 g/mol. The molecule has 0 spiro atoms. The second-order valence-electron chi connectivity index (χ2n) is 3.91. The van der Waals surface area contributed by atoms with Crippen molar-refractivity contribution in [2.75, 3.05) is 12.4 Å². The maximum Gasteiger partial charge on any atom is 0.311 e.